The van der Waals surface area contributed by atoms with Crippen molar-refractivity contribution in [1.29, 1.82) is 0 Å². The van der Waals surface area contributed by atoms with Crippen LogP contribution in [0.5, 0.6) is 0 Å². The van der Waals surface area contributed by atoms with Crippen LogP contribution in [0, 0.1) is 5.82 Å². The first-order valence-electron chi connectivity index (χ1n) is 5.28. The Kier molecular flexibility index (Phi) is 2.98. The predicted octanol–water partition coefficient (Wildman–Crippen LogP) is 3.16. The highest BCUT2D eigenvalue weighted by atomic mass is 35.5. The Morgan fingerprint density at radius 1 is 1.53 bits per heavy atom. The maximum Gasteiger partial charge on any atom is 0.142 e. The SMILES string of the molecule is CC1(Cc2ccc(Cl)c(F)c2)CCCN1. The summed E-state index contributed by atoms with van der Waals surface area (Å²) >= 11 is 5.64. The van der Waals surface area contributed by atoms with Crippen molar-refractivity contribution in [3.05, 3.63) is 34.6 Å². The van der Waals surface area contributed by atoms with E-state index in [4.69, 9.17) is 11.6 Å². The van der Waals surface area contributed by atoms with E-state index >= 15 is 0 Å². The van der Waals surface area contributed by atoms with Gasteiger partial charge in [0.05, 0.1) is 5.02 Å². The molecule has 2 rings (SSSR count). The van der Waals surface area contributed by atoms with Crippen LogP contribution in [0.4, 0.5) is 4.39 Å². The Hall–Kier alpha value is -0.600. The zero-order valence-electron chi connectivity index (χ0n) is 8.82. The van der Waals surface area contributed by atoms with Crippen LogP contribution in [-0.4, -0.2) is 12.1 Å². The first-order valence-corrected chi connectivity index (χ1v) is 5.66. The first kappa shape index (κ1) is 10.9. The van der Waals surface area contributed by atoms with Crippen LogP contribution in [0.15, 0.2) is 18.2 Å². The minimum absolute atomic E-state index is 0.125. The van der Waals surface area contributed by atoms with Crippen molar-refractivity contribution in [2.45, 2.75) is 31.7 Å². The second-order valence-electron chi connectivity index (χ2n) is 4.52. The van der Waals surface area contributed by atoms with Gasteiger partial charge in [-0.2, -0.15) is 0 Å². The summed E-state index contributed by atoms with van der Waals surface area (Å²) in [6.45, 7) is 3.25. The lowest BCUT2D eigenvalue weighted by molar-refractivity contribution is 0.412. The van der Waals surface area contributed by atoms with Crippen LogP contribution >= 0.6 is 11.6 Å². The minimum Gasteiger partial charge on any atom is -0.311 e. The molecule has 0 aromatic heterocycles. The third kappa shape index (κ3) is 2.50. The lowest BCUT2D eigenvalue weighted by Gasteiger charge is -2.24. The Morgan fingerprint density at radius 2 is 2.33 bits per heavy atom. The largest absolute Gasteiger partial charge is 0.311 e. The topological polar surface area (TPSA) is 12.0 Å². The monoisotopic (exact) mass is 227 g/mol. The normalized spacial score (nSPS) is 25.8. The van der Waals surface area contributed by atoms with Crippen LogP contribution < -0.4 is 5.32 Å². The highest BCUT2D eigenvalue weighted by Gasteiger charge is 2.28. The van der Waals surface area contributed by atoms with E-state index in [0.717, 1.165) is 24.9 Å². The molecule has 0 spiro atoms. The fourth-order valence-electron chi connectivity index (χ4n) is 2.21. The molecule has 1 atom stereocenters. The van der Waals surface area contributed by atoms with E-state index in [-0.39, 0.29) is 16.4 Å². The number of hydrogen-bond donors (Lipinski definition) is 1. The van der Waals surface area contributed by atoms with Gasteiger partial charge in [0, 0.05) is 5.54 Å². The summed E-state index contributed by atoms with van der Waals surface area (Å²) in [5.74, 6) is -0.323. The van der Waals surface area contributed by atoms with E-state index in [0.29, 0.717) is 0 Å². The van der Waals surface area contributed by atoms with Gasteiger partial charge in [-0.1, -0.05) is 17.7 Å². The molecule has 1 fully saturated rings. The van der Waals surface area contributed by atoms with Gasteiger partial charge in [-0.25, -0.2) is 4.39 Å². The summed E-state index contributed by atoms with van der Waals surface area (Å²) < 4.78 is 13.2. The number of rotatable bonds is 2. The predicted molar refractivity (Wildman–Crippen MR) is 60.8 cm³/mol. The summed E-state index contributed by atoms with van der Waals surface area (Å²) in [6, 6.07) is 5.06. The number of nitrogens with one attached hydrogen (secondary N) is 1. The fourth-order valence-corrected chi connectivity index (χ4v) is 2.33. The van der Waals surface area contributed by atoms with Gasteiger partial charge in [0.25, 0.3) is 0 Å². The van der Waals surface area contributed by atoms with Crippen LogP contribution in [0.25, 0.3) is 0 Å². The zero-order chi connectivity index (χ0) is 10.9. The van der Waals surface area contributed by atoms with Crippen LogP contribution in [0.3, 0.4) is 0 Å². The molecule has 82 valence electrons. The average Bonchev–Trinajstić information content (AvgIpc) is 2.59. The van der Waals surface area contributed by atoms with Crippen molar-refractivity contribution in [2.75, 3.05) is 6.54 Å². The lowest BCUT2D eigenvalue weighted by Crippen LogP contribution is -2.38. The van der Waals surface area contributed by atoms with E-state index in [1.807, 2.05) is 6.07 Å². The van der Waals surface area contributed by atoms with Crippen molar-refractivity contribution < 1.29 is 4.39 Å². The van der Waals surface area contributed by atoms with Gasteiger partial charge in [0.15, 0.2) is 0 Å². The molecule has 1 nitrogen and oxygen atoms in total. The van der Waals surface area contributed by atoms with Crippen molar-refractivity contribution in [1.82, 2.24) is 5.32 Å². The molecule has 1 heterocycles. The lowest BCUT2D eigenvalue weighted by atomic mass is 9.91. The van der Waals surface area contributed by atoms with Crippen LogP contribution in [0.1, 0.15) is 25.3 Å². The molecule has 1 N–H and O–H groups in total. The zero-order valence-corrected chi connectivity index (χ0v) is 9.57. The molecule has 1 aliphatic heterocycles. The maximum absolute atomic E-state index is 13.2. The van der Waals surface area contributed by atoms with Crippen molar-refractivity contribution >= 4 is 11.6 Å². The molecule has 1 aliphatic rings. The summed E-state index contributed by atoms with van der Waals surface area (Å²) in [6.07, 6.45) is 3.21. The molecule has 0 saturated carbocycles. The standard InChI is InChI=1S/C12H15ClFN/c1-12(5-2-6-15-12)8-9-3-4-10(13)11(14)7-9/h3-4,7,15H,2,5-6,8H2,1H3. The second-order valence-corrected chi connectivity index (χ2v) is 4.92. The summed E-state index contributed by atoms with van der Waals surface area (Å²) in [5, 5.41) is 3.66. The van der Waals surface area contributed by atoms with E-state index < -0.39 is 0 Å². The second kappa shape index (κ2) is 4.11. The molecule has 15 heavy (non-hydrogen) atoms. The van der Waals surface area contributed by atoms with Gasteiger partial charge in [-0.15, -0.1) is 0 Å². The van der Waals surface area contributed by atoms with Crippen LogP contribution in [0.2, 0.25) is 5.02 Å². The van der Waals surface area contributed by atoms with Crippen molar-refractivity contribution in [3.8, 4) is 0 Å². The molecule has 0 aliphatic carbocycles. The summed E-state index contributed by atoms with van der Waals surface area (Å²) in [7, 11) is 0. The molecule has 0 amide bonds. The van der Waals surface area contributed by atoms with Gasteiger partial charge in [0.1, 0.15) is 5.82 Å². The molecular formula is C12H15ClFN. The van der Waals surface area contributed by atoms with E-state index in [9.17, 15) is 4.39 Å². The maximum atomic E-state index is 13.2. The Morgan fingerprint density at radius 3 is 2.93 bits per heavy atom. The number of benzene rings is 1. The van der Waals surface area contributed by atoms with Crippen LogP contribution in [-0.2, 0) is 6.42 Å². The van der Waals surface area contributed by atoms with E-state index in [1.54, 1.807) is 6.07 Å². The quantitative estimate of drug-likeness (QED) is 0.819. The van der Waals surface area contributed by atoms with E-state index in [2.05, 4.69) is 12.2 Å². The van der Waals surface area contributed by atoms with Gasteiger partial charge >= 0.3 is 0 Å². The van der Waals surface area contributed by atoms with E-state index in [1.165, 1.54) is 12.5 Å². The molecule has 1 saturated heterocycles. The Labute approximate surface area is 94.6 Å². The van der Waals surface area contributed by atoms with Gasteiger partial charge in [-0.3, -0.25) is 0 Å². The average molecular weight is 228 g/mol. The van der Waals surface area contributed by atoms with Crippen molar-refractivity contribution in [2.24, 2.45) is 0 Å². The number of hydrogen-bond acceptors (Lipinski definition) is 1. The van der Waals surface area contributed by atoms with Gasteiger partial charge in [0.2, 0.25) is 0 Å². The Bertz CT molecular complexity index is 359. The molecule has 0 radical (unpaired) electrons. The summed E-state index contributed by atoms with van der Waals surface area (Å²) in [5.41, 5.74) is 1.13. The fraction of sp³-hybridized carbons (Fsp3) is 0.500. The highest BCUT2D eigenvalue weighted by Crippen LogP contribution is 2.25. The van der Waals surface area contributed by atoms with Crippen molar-refractivity contribution in [3.63, 3.8) is 0 Å². The molecular weight excluding hydrogens is 213 g/mol. The van der Waals surface area contributed by atoms with Gasteiger partial charge in [-0.05, 0) is 50.4 Å². The molecule has 1 aromatic rings. The first-order chi connectivity index (χ1) is 7.09. The smallest absolute Gasteiger partial charge is 0.142 e. The summed E-state index contributed by atoms with van der Waals surface area (Å²) in [4.78, 5) is 0. The third-order valence-corrected chi connectivity index (χ3v) is 3.34. The third-order valence-electron chi connectivity index (χ3n) is 3.04. The van der Waals surface area contributed by atoms with Gasteiger partial charge < -0.3 is 5.32 Å². The highest BCUT2D eigenvalue weighted by molar-refractivity contribution is 6.30. The Balaban J connectivity index is 2.13. The molecule has 0 bridgehead atoms. The number of halogens is 2. The molecule has 1 aromatic carbocycles. The minimum atomic E-state index is -0.323. The molecule has 3 heteroatoms. The molecule has 1 unspecified atom stereocenters.